The fraction of sp³-hybridized carbons (Fsp3) is 0.562. The van der Waals surface area contributed by atoms with Gasteiger partial charge in [0.1, 0.15) is 6.04 Å². The molecular formula is C32H46N4O7S. The van der Waals surface area contributed by atoms with Gasteiger partial charge in [-0.25, -0.2) is 8.42 Å². The van der Waals surface area contributed by atoms with Gasteiger partial charge in [-0.3, -0.25) is 9.59 Å². The van der Waals surface area contributed by atoms with Crippen molar-refractivity contribution < 1.29 is 32.6 Å². The summed E-state index contributed by atoms with van der Waals surface area (Å²) in [4.78, 5) is 26.8. The zero-order chi connectivity index (χ0) is 31.9. The number of nitrogens with one attached hydrogen (secondary N) is 3. The lowest BCUT2D eigenvalue weighted by atomic mass is 9.95. The van der Waals surface area contributed by atoms with Crippen LogP contribution in [-0.2, 0) is 26.0 Å². The van der Waals surface area contributed by atoms with Crippen LogP contribution in [0.5, 0.6) is 11.5 Å². The Labute approximate surface area is 260 Å². The quantitative estimate of drug-likeness (QED) is 0.235. The fourth-order valence-electron chi connectivity index (χ4n) is 5.49. The Bertz CT molecular complexity index is 1370. The van der Waals surface area contributed by atoms with Gasteiger partial charge in [0, 0.05) is 19.2 Å². The van der Waals surface area contributed by atoms with Crippen molar-refractivity contribution in [1.29, 1.82) is 0 Å². The van der Waals surface area contributed by atoms with E-state index in [1.54, 1.807) is 6.07 Å². The van der Waals surface area contributed by atoms with E-state index < -0.39 is 34.1 Å². The number of hydrogen-bond donors (Lipinski definition) is 4. The molecule has 4 rings (SSSR count). The van der Waals surface area contributed by atoms with E-state index in [9.17, 15) is 23.1 Å². The van der Waals surface area contributed by atoms with Gasteiger partial charge >= 0.3 is 0 Å². The molecule has 2 amide bonds. The number of sulfonamides is 1. The maximum absolute atomic E-state index is 13.9. The second kappa shape index (κ2) is 15.2. The first-order valence-electron chi connectivity index (χ1n) is 15.5. The Morgan fingerprint density at radius 1 is 1.05 bits per heavy atom. The molecule has 0 bridgehead atoms. The Morgan fingerprint density at radius 2 is 1.77 bits per heavy atom. The standard InChI is InChI=1S/C32H46N4O7S/c1-5-22(4)30(35-31(38)25-12-9-15-33-25)32(39)34-26(16-23-10-7-6-8-11-23)27(37)19-36(18-21(2)3)44(40,41)24-13-14-28-29(17-24)43-20-42-28/h6-8,10-11,13-14,17,21-22,25-27,30,33,37H,5,9,12,15-16,18-20H2,1-4H3,(H,34,39)(H,35,38)/t22?,25-,26-,27+,30-/m0/s1. The number of rotatable bonds is 15. The topological polar surface area (TPSA) is 146 Å². The summed E-state index contributed by atoms with van der Waals surface area (Å²) < 4.78 is 39.7. The van der Waals surface area contributed by atoms with E-state index in [0.29, 0.717) is 24.3 Å². The van der Waals surface area contributed by atoms with E-state index in [4.69, 9.17) is 9.47 Å². The van der Waals surface area contributed by atoms with Crippen LogP contribution in [0.4, 0.5) is 0 Å². The molecule has 242 valence electrons. The van der Waals surface area contributed by atoms with E-state index >= 15 is 0 Å². The monoisotopic (exact) mass is 630 g/mol. The third kappa shape index (κ3) is 8.50. The van der Waals surface area contributed by atoms with Gasteiger partial charge in [-0.05, 0) is 55.3 Å². The highest BCUT2D eigenvalue weighted by Gasteiger charge is 2.35. The second-order valence-corrected chi connectivity index (χ2v) is 14.1. The number of nitrogens with zero attached hydrogens (tertiary/aromatic N) is 1. The molecule has 2 aliphatic heterocycles. The van der Waals surface area contributed by atoms with Crippen molar-refractivity contribution in [2.45, 2.75) is 82.5 Å². The smallest absolute Gasteiger partial charge is 0.243 e. The number of ether oxygens (including phenoxy) is 2. The normalized spacial score (nSPS) is 19.0. The second-order valence-electron chi connectivity index (χ2n) is 12.1. The molecule has 1 fully saturated rings. The lowest BCUT2D eigenvalue weighted by molar-refractivity contribution is -0.132. The van der Waals surface area contributed by atoms with Crippen molar-refractivity contribution in [3.05, 3.63) is 54.1 Å². The van der Waals surface area contributed by atoms with Gasteiger partial charge in [-0.2, -0.15) is 4.31 Å². The van der Waals surface area contributed by atoms with Crippen LogP contribution in [0.2, 0.25) is 0 Å². The average molecular weight is 631 g/mol. The first-order chi connectivity index (χ1) is 21.0. The van der Waals surface area contributed by atoms with Gasteiger partial charge in [-0.15, -0.1) is 0 Å². The summed E-state index contributed by atoms with van der Waals surface area (Å²) in [7, 11) is -4.05. The third-order valence-electron chi connectivity index (χ3n) is 8.20. The molecule has 11 nitrogen and oxygen atoms in total. The first kappa shape index (κ1) is 33.7. The molecule has 2 aliphatic rings. The van der Waals surface area contributed by atoms with Gasteiger partial charge in [0.15, 0.2) is 11.5 Å². The molecular weight excluding hydrogens is 584 g/mol. The number of amides is 2. The first-order valence-corrected chi connectivity index (χ1v) is 16.9. The minimum Gasteiger partial charge on any atom is -0.454 e. The molecule has 0 saturated carbocycles. The molecule has 1 saturated heterocycles. The average Bonchev–Trinajstić information content (AvgIpc) is 3.71. The number of benzene rings is 2. The summed E-state index contributed by atoms with van der Waals surface area (Å²) in [6.07, 6.45) is 1.26. The molecule has 12 heteroatoms. The van der Waals surface area contributed by atoms with Crippen molar-refractivity contribution in [3.63, 3.8) is 0 Å². The van der Waals surface area contributed by atoms with Gasteiger partial charge in [0.05, 0.1) is 23.1 Å². The van der Waals surface area contributed by atoms with Crippen LogP contribution < -0.4 is 25.4 Å². The largest absolute Gasteiger partial charge is 0.454 e. The predicted molar refractivity (Wildman–Crippen MR) is 167 cm³/mol. The number of carbonyl (C=O) groups is 2. The molecule has 5 atom stereocenters. The van der Waals surface area contributed by atoms with E-state index in [1.807, 2.05) is 58.0 Å². The highest BCUT2D eigenvalue weighted by atomic mass is 32.2. The molecule has 0 radical (unpaired) electrons. The van der Waals surface area contributed by atoms with Gasteiger partial charge in [0.2, 0.25) is 28.6 Å². The Morgan fingerprint density at radius 3 is 2.43 bits per heavy atom. The number of carbonyl (C=O) groups excluding carboxylic acids is 2. The Hall–Kier alpha value is -3.19. The molecule has 1 unspecified atom stereocenters. The van der Waals surface area contributed by atoms with Gasteiger partial charge in [-0.1, -0.05) is 64.4 Å². The maximum Gasteiger partial charge on any atom is 0.243 e. The summed E-state index contributed by atoms with van der Waals surface area (Å²) in [5, 5.41) is 20.7. The van der Waals surface area contributed by atoms with Gasteiger partial charge < -0.3 is 30.5 Å². The summed E-state index contributed by atoms with van der Waals surface area (Å²) in [6, 6.07) is 11.9. The minimum atomic E-state index is -4.05. The van der Waals surface area contributed by atoms with Crippen molar-refractivity contribution in [3.8, 4) is 11.5 Å². The summed E-state index contributed by atoms with van der Waals surface area (Å²) in [5.74, 6) is -0.0326. The predicted octanol–water partition coefficient (Wildman–Crippen LogP) is 2.43. The molecule has 2 aromatic rings. The van der Waals surface area contributed by atoms with Crippen LogP contribution in [0.1, 0.15) is 52.5 Å². The van der Waals surface area contributed by atoms with E-state index in [1.165, 1.54) is 16.4 Å². The van der Waals surface area contributed by atoms with Crippen LogP contribution >= 0.6 is 0 Å². The highest BCUT2D eigenvalue weighted by molar-refractivity contribution is 7.89. The maximum atomic E-state index is 13.9. The molecule has 0 aliphatic carbocycles. The molecule has 0 spiro atoms. The van der Waals surface area contributed by atoms with Crippen LogP contribution in [0, 0.1) is 11.8 Å². The Balaban J connectivity index is 1.58. The van der Waals surface area contributed by atoms with E-state index in [-0.39, 0.29) is 55.0 Å². The Kier molecular flexibility index (Phi) is 11.6. The van der Waals surface area contributed by atoms with Crippen LogP contribution in [0.3, 0.4) is 0 Å². The van der Waals surface area contributed by atoms with Crippen LogP contribution in [0.25, 0.3) is 0 Å². The fourth-order valence-corrected chi connectivity index (χ4v) is 7.13. The van der Waals surface area contributed by atoms with Crippen molar-refractivity contribution in [2.24, 2.45) is 11.8 Å². The van der Waals surface area contributed by atoms with Gasteiger partial charge in [0.25, 0.3) is 0 Å². The lowest BCUT2D eigenvalue weighted by Crippen LogP contribution is -2.58. The minimum absolute atomic E-state index is 0.0172. The summed E-state index contributed by atoms with van der Waals surface area (Å²) in [6.45, 7) is 8.32. The van der Waals surface area contributed by atoms with E-state index in [0.717, 1.165) is 18.5 Å². The number of fused-ring (bicyclic) bond motifs is 1. The number of aliphatic hydroxyl groups is 1. The third-order valence-corrected chi connectivity index (χ3v) is 10.0. The highest BCUT2D eigenvalue weighted by Crippen LogP contribution is 2.35. The van der Waals surface area contributed by atoms with Crippen LogP contribution in [-0.4, -0.2) is 80.3 Å². The molecule has 2 heterocycles. The number of aliphatic hydroxyl groups excluding tert-OH is 1. The zero-order valence-corrected chi connectivity index (χ0v) is 26.8. The van der Waals surface area contributed by atoms with Crippen molar-refractivity contribution >= 4 is 21.8 Å². The number of hydrogen-bond acceptors (Lipinski definition) is 8. The lowest BCUT2D eigenvalue weighted by Gasteiger charge is -2.32. The SMILES string of the molecule is CCC(C)[C@H](NC(=O)[C@@H]1CCCN1)C(=O)N[C@@H](Cc1ccccc1)[C@H](O)CN(CC(C)C)S(=O)(=O)c1ccc2c(c1)OCO2. The van der Waals surface area contributed by atoms with E-state index in [2.05, 4.69) is 16.0 Å². The molecule has 44 heavy (non-hydrogen) atoms. The van der Waals surface area contributed by atoms with Crippen molar-refractivity contribution in [2.75, 3.05) is 26.4 Å². The molecule has 4 N–H and O–H groups in total. The molecule has 2 aromatic carbocycles. The zero-order valence-electron chi connectivity index (χ0n) is 26.0. The van der Waals surface area contributed by atoms with Crippen molar-refractivity contribution in [1.82, 2.24) is 20.3 Å². The molecule has 0 aromatic heterocycles. The summed E-state index contributed by atoms with van der Waals surface area (Å²) >= 11 is 0. The van der Waals surface area contributed by atoms with Crippen LogP contribution in [0.15, 0.2) is 53.4 Å². The summed E-state index contributed by atoms with van der Waals surface area (Å²) in [5.41, 5.74) is 0.866.